The molecule has 0 aliphatic carbocycles. The van der Waals surface area contributed by atoms with Gasteiger partial charge in [0.15, 0.2) is 0 Å². The number of amides is 1. The van der Waals surface area contributed by atoms with E-state index in [4.69, 9.17) is 0 Å². The molecule has 2 heterocycles. The van der Waals surface area contributed by atoms with Crippen LogP contribution in [0, 0.1) is 5.82 Å². The molecule has 0 spiro atoms. The SMILES string of the molecule is O=C(Cc1ccc(F)cc1)NCCc1nnc2n1CCN(CCCc1ccccc1)CC2. The van der Waals surface area contributed by atoms with Crippen LogP contribution >= 0.6 is 0 Å². The van der Waals surface area contributed by atoms with Crippen molar-refractivity contribution in [1.82, 2.24) is 25.0 Å². The Labute approximate surface area is 188 Å². The number of benzene rings is 2. The second-order valence-electron chi connectivity index (χ2n) is 8.27. The minimum absolute atomic E-state index is 0.0724. The molecular weight excluding hydrogens is 405 g/mol. The van der Waals surface area contributed by atoms with E-state index in [-0.39, 0.29) is 18.1 Å². The lowest BCUT2D eigenvalue weighted by Crippen LogP contribution is -2.29. The molecule has 6 nitrogen and oxygen atoms in total. The van der Waals surface area contributed by atoms with Crippen LogP contribution in [0.3, 0.4) is 0 Å². The molecule has 1 aromatic heterocycles. The molecule has 2 aromatic carbocycles. The number of hydrogen-bond donors (Lipinski definition) is 1. The summed E-state index contributed by atoms with van der Waals surface area (Å²) in [6, 6.07) is 16.7. The number of carbonyl (C=O) groups excluding carboxylic acids is 1. The fourth-order valence-electron chi connectivity index (χ4n) is 4.15. The Morgan fingerprint density at radius 2 is 1.75 bits per heavy atom. The summed E-state index contributed by atoms with van der Waals surface area (Å²) in [7, 11) is 0. The minimum atomic E-state index is -0.295. The number of nitrogens with zero attached hydrogens (tertiary/aromatic N) is 4. The van der Waals surface area contributed by atoms with E-state index in [0.29, 0.717) is 13.0 Å². The lowest BCUT2D eigenvalue weighted by atomic mass is 10.1. The number of hydrogen-bond acceptors (Lipinski definition) is 4. The summed E-state index contributed by atoms with van der Waals surface area (Å²) in [4.78, 5) is 14.7. The van der Waals surface area contributed by atoms with Crippen molar-refractivity contribution in [2.75, 3.05) is 26.2 Å². The average molecular weight is 436 g/mol. The van der Waals surface area contributed by atoms with Crippen molar-refractivity contribution in [3.05, 3.63) is 83.2 Å². The summed E-state index contributed by atoms with van der Waals surface area (Å²) in [5.74, 6) is 1.59. The van der Waals surface area contributed by atoms with Crippen molar-refractivity contribution in [3.8, 4) is 0 Å². The molecule has 1 aliphatic rings. The summed E-state index contributed by atoms with van der Waals surface area (Å²) < 4.78 is 15.2. The van der Waals surface area contributed by atoms with Crippen LogP contribution in [0.4, 0.5) is 4.39 Å². The van der Waals surface area contributed by atoms with Gasteiger partial charge in [0.05, 0.1) is 6.42 Å². The highest BCUT2D eigenvalue weighted by Gasteiger charge is 2.18. The number of rotatable bonds is 9. The highest BCUT2D eigenvalue weighted by atomic mass is 19.1. The fraction of sp³-hybridized carbons (Fsp3) is 0.400. The van der Waals surface area contributed by atoms with Crippen LogP contribution in [0.15, 0.2) is 54.6 Å². The number of nitrogens with one attached hydrogen (secondary N) is 1. The monoisotopic (exact) mass is 435 g/mol. The van der Waals surface area contributed by atoms with Gasteiger partial charge in [-0.15, -0.1) is 10.2 Å². The third kappa shape index (κ3) is 6.23. The van der Waals surface area contributed by atoms with Crippen molar-refractivity contribution in [2.45, 2.75) is 38.6 Å². The molecule has 0 fully saturated rings. The van der Waals surface area contributed by atoms with Gasteiger partial charge in [-0.2, -0.15) is 0 Å². The second kappa shape index (κ2) is 11.0. The Bertz CT molecular complexity index is 1000. The molecule has 3 aromatic rings. The van der Waals surface area contributed by atoms with Crippen LogP contribution in [-0.2, 0) is 37.0 Å². The number of halogens is 1. The first-order valence-corrected chi connectivity index (χ1v) is 11.4. The predicted molar refractivity (Wildman–Crippen MR) is 122 cm³/mol. The Morgan fingerprint density at radius 1 is 0.938 bits per heavy atom. The third-order valence-electron chi connectivity index (χ3n) is 5.93. The van der Waals surface area contributed by atoms with Crippen molar-refractivity contribution in [3.63, 3.8) is 0 Å². The van der Waals surface area contributed by atoms with E-state index in [2.05, 4.69) is 55.3 Å². The van der Waals surface area contributed by atoms with E-state index in [9.17, 15) is 9.18 Å². The van der Waals surface area contributed by atoms with Crippen LogP contribution in [0.1, 0.15) is 29.2 Å². The molecule has 1 aliphatic heterocycles. The van der Waals surface area contributed by atoms with E-state index in [1.54, 1.807) is 12.1 Å². The first-order chi connectivity index (χ1) is 15.7. The zero-order valence-corrected chi connectivity index (χ0v) is 18.3. The first-order valence-electron chi connectivity index (χ1n) is 11.4. The van der Waals surface area contributed by atoms with Gasteiger partial charge >= 0.3 is 0 Å². The molecular formula is C25H30FN5O. The quantitative estimate of drug-likeness (QED) is 0.562. The van der Waals surface area contributed by atoms with Crippen LogP contribution in [0.5, 0.6) is 0 Å². The first kappa shape index (κ1) is 22.1. The van der Waals surface area contributed by atoms with Crippen molar-refractivity contribution in [1.29, 1.82) is 0 Å². The van der Waals surface area contributed by atoms with Gasteiger partial charge in [-0.3, -0.25) is 4.79 Å². The van der Waals surface area contributed by atoms with Gasteiger partial charge in [-0.25, -0.2) is 4.39 Å². The summed E-state index contributed by atoms with van der Waals surface area (Å²) in [6.45, 7) is 4.47. The Balaban J connectivity index is 1.20. The Morgan fingerprint density at radius 3 is 2.56 bits per heavy atom. The van der Waals surface area contributed by atoms with Crippen molar-refractivity contribution in [2.24, 2.45) is 0 Å². The van der Waals surface area contributed by atoms with Gasteiger partial charge in [0.2, 0.25) is 5.91 Å². The zero-order chi connectivity index (χ0) is 22.2. The Hall–Kier alpha value is -3.06. The van der Waals surface area contributed by atoms with Gasteiger partial charge < -0.3 is 14.8 Å². The maximum absolute atomic E-state index is 13.0. The summed E-state index contributed by atoms with van der Waals surface area (Å²) in [6.07, 6.45) is 4.05. The molecule has 7 heteroatoms. The summed E-state index contributed by atoms with van der Waals surface area (Å²) in [5.41, 5.74) is 2.19. The predicted octanol–water partition coefficient (Wildman–Crippen LogP) is 2.81. The molecule has 1 amide bonds. The summed E-state index contributed by atoms with van der Waals surface area (Å²) >= 11 is 0. The van der Waals surface area contributed by atoms with Crippen LogP contribution < -0.4 is 5.32 Å². The molecule has 32 heavy (non-hydrogen) atoms. The summed E-state index contributed by atoms with van der Waals surface area (Å²) in [5, 5.41) is 11.7. The van der Waals surface area contributed by atoms with Gasteiger partial charge in [-0.1, -0.05) is 42.5 Å². The lowest BCUT2D eigenvalue weighted by molar-refractivity contribution is -0.120. The van der Waals surface area contributed by atoms with E-state index in [0.717, 1.165) is 62.7 Å². The van der Waals surface area contributed by atoms with Gasteiger partial charge in [0.1, 0.15) is 17.5 Å². The number of fused-ring (bicyclic) bond motifs is 1. The molecule has 4 rings (SSSR count). The highest BCUT2D eigenvalue weighted by Crippen LogP contribution is 2.11. The molecule has 0 unspecified atom stereocenters. The largest absolute Gasteiger partial charge is 0.355 e. The van der Waals surface area contributed by atoms with Crippen molar-refractivity contribution < 1.29 is 9.18 Å². The van der Waals surface area contributed by atoms with Crippen LogP contribution in [0.2, 0.25) is 0 Å². The van der Waals surface area contributed by atoms with E-state index in [1.165, 1.54) is 17.7 Å². The molecule has 0 saturated heterocycles. The molecule has 0 saturated carbocycles. The van der Waals surface area contributed by atoms with Crippen LogP contribution in [0.25, 0.3) is 0 Å². The standard InChI is InChI=1S/C25H30FN5O/c26-22-10-8-21(9-11-22)19-25(32)27-14-12-23-28-29-24-13-16-30(17-18-31(23)24)15-4-7-20-5-2-1-3-6-20/h1-3,5-6,8-11H,4,7,12-19H2,(H,27,32). The zero-order valence-electron chi connectivity index (χ0n) is 18.3. The highest BCUT2D eigenvalue weighted by molar-refractivity contribution is 5.78. The number of carbonyl (C=O) groups is 1. The van der Waals surface area contributed by atoms with Gasteiger partial charge in [0.25, 0.3) is 0 Å². The van der Waals surface area contributed by atoms with Gasteiger partial charge in [-0.05, 0) is 42.6 Å². The number of aryl methyl sites for hydroxylation is 1. The minimum Gasteiger partial charge on any atom is -0.355 e. The molecule has 0 atom stereocenters. The van der Waals surface area contributed by atoms with Gasteiger partial charge in [0, 0.05) is 39.0 Å². The fourth-order valence-corrected chi connectivity index (χ4v) is 4.15. The molecule has 1 N–H and O–H groups in total. The normalized spacial score (nSPS) is 14.0. The lowest BCUT2D eigenvalue weighted by Gasteiger charge is -2.19. The van der Waals surface area contributed by atoms with Crippen LogP contribution in [-0.4, -0.2) is 51.8 Å². The number of aromatic nitrogens is 3. The molecule has 0 radical (unpaired) electrons. The van der Waals surface area contributed by atoms with E-state index in [1.807, 2.05) is 0 Å². The molecule has 0 bridgehead atoms. The smallest absolute Gasteiger partial charge is 0.224 e. The molecule has 168 valence electrons. The van der Waals surface area contributed by atoms with E-state index >= 15 is 0 Å². The van der Waals surface area contributed by atoms with E-state index < -0.39 is 0 Å². The second-order valence-corrected chi connectivity index (χ2v) is 8.27. The maximum atomic E-state index is 13.0. The maximum Gasteiger partial charge on any atom is 0.224 e. The Kier molecular flexibility index (Phi) is 7.61. The third-order valence-corrected chi connectivity index (χ3v) is 5.93. The van der Waals surface area contributed by atoms with Crippen molar-refractivity contribution >= 4 is 5.91 Å². The topological polar surface area (TPSA) is 63.1 Å². The average Bonchev–Trinajstić information content (AvgIpc) is 3.07.